The van der Waals surface area contributed by atoms with Gasteiger partial charge in [-0.3, -0.25) is 0 Å². The van der Waals surface area contributed by atoms with Crippen LogP contribution in [0.25, 0.3) is 0 Å². The van der Waals surface area contributed by atoms with Gasteiger partial charge in [-0.2, -0.15) is 0 Å². The van der Waals surface area contributed by atoms with Crippen LogP contribution in [0.2, 0.25) is 0 Å². The molecular formula is C12H19NO3. The second-order valence-corrected chi connectivity index (χ2v) is 3.55. The minimum absolute atomic E-state index is 0.0809. The van der Waals surface area contributed by atoms with Gasteiger partial charge in [-0.1, -0.05) is 6.92 Å². The lowest BCUT2D eigenvalue weighted by Gasteiger charge is -2.17. The molecule has 0 aliphatic heterocycles. The highest BCUT2D eigenvalue weighted by molar-refractivity contribution is 5.48. The van der Waals surface area contributed by atoms with Crippen LogP contribution in [0.4, 0.5) is 0 Å². The molecule has 0 amide bonds. The van der Waals surface area contributed by atoms with Gasteiger partial charge < -0.3 is 20.3 Å². The van der Waals surface area contributed by atoms with Gasteiger partial charge in [0.1, 0.15) is 0 Å². The number of benzene rings is 1. The predicted molar refractivity (Wildman–Crippen MR) is 62.9 cm³/mol. The van der Waals surface area contributed by atoms with Gasteiger partial charge in [0.25, 0.3) is 0 Å². The Morgan fingerprint density at radius 1 is 1.25 bits per heavy atom. The molecule has 0 saturated heterocycles. The SMILES string of the molecule is CCc1cc(OC)c(OC)cc1C(N)CO. The predicted octanol–water partition coefficient (Wildman–Crippen LogP) is 1.26. The number of hydrogen-bond donors (Lipinski definition) is 2. The topological polar surface area (TPSA) is 64.7 Å². The lowest BCUT2D eigenvalue weighted by molar-refractivity contribution is 0.267. The first kappa shape index (κ1) is 12.8. The van der Waals surface area contributed by atoms with E-state index in [-0.39, 0.29) is 12.6 Å². The summed E-state index contributed by atoms with van der Waals surface area (Å²) in [6.07, 6.45) is 0.837. The fourth-order valence-corrected chi connectivity index (χ4v) is 1.69. The Morgan fingerprint density at radius 2 is 1.81 bits per heavy atom. The zero-order valence-corrected chi connectivity index (χ0v) is 9.99. The third-order valence-corrected chi connectivity index (χ3v) is 2.62. The number of ether oxygens (including phenoxy) is 2. The molecule has 3 N–H and O–H groups in total. The zero-order chi connectivity index (χ0) is 12.1. The number of rotatable bonds is 5. The molecule has 0 aromatic heterocycles. The molecule has 1 rings (SSSR count). The number of aliphatic hydroxyl groups is 1. The van der Waals surface area contributed by atoms with Crippen LogP contribution >= 0.6 is 0 Å². The van der Waals surface area contributed by atoms with Gasteiger partial charge >= 0.3 is 0 Å². The largest absolute Gasteiger partial charge is 0.493 e. The molecule has 16 heavy (non-hydrogen) atoms. The first-order valence-electron chi connectivity index (χ1n) is 5.29. The molecule has 1 unspecified atom stereocenters. The van der Waals surface area contributed by atoms with Crippen molar-refractivity contribution in [3.8, 4) is 11.5 Å². The molecule has 0 heterocycles. The van der Waals surface area contributed by atoms with Crippen LogP contribution < -0.4 is 15.2 Å². The Balaban J connectivity index is 3.25. The number of methoxy groups -OCH3 is 2. The summed E-state index contributed by atoms with van der Waals surface area (Å²) in [6.45, 7) is 1.96. The van der Waals surface area contributed by atoms with Crippen LogP contribution in [-0.4, -0.2) is 25.9 Å². The van der Waals surface area contributed by atoms with Crippen molar-refractivity contribution >= 4 is 0 Å². The van der Waals surface area contributed by atoms with Gasteiger partial charge in [0, 0.05) is 0 Å². The Kier molecular flexibility index (Phi) is 4.58. The molecule has 0 bridgehead atoms. The molecule has 0 radical (unpaired) electrons. The van der Waals surface area contributed by atoms with Gasteiger partial charge in [0.2, 0.25) is 0 Å². The first-order valence-corrected chi connectivity index (χ1v) is 5.29. The quantitative estimate of drug-likeness (QED) is 0.791. The monoisotopic (exact) mass is 225 g/mol. The van der Waals surface area contributed by atoms with Crippen LogP contribution in [0.5, 0.6) is 11.5 Å². The summed E-state index contributed by atoms with van der Waals surface area (Å²) in [5.41, 5.74) is 7.81. The Morgan fingerprint density at radius 3 is 2.25 bits per heavy atom. The molecule has 0 saturated carbocycles. The summed E-state index contributed by atoms with van der Waals surface area (Å²) in [4.78, 5) is 0. The lowest BCUT2D eigenvalue weighted by Crippen LogP contribution is -2.16. The van der Waals surface area contributed by atoms with Gasteiger partial charge in [-0.15, -0.1) is 0 Å². The van der Waals surface area contributed by atoms with Gasteiger partial charge in [0.05, 0.1) is 26.9 Å². The molecule has 0 fully saturated rings. The highest BCUT2D eigenvalue weighted by Crippen LogP contribution is 2.32. The lowest BCUT2D eigenvalue weighted by atomic mass is 9.98. The van der Waals surface area contributed by atoms with Crippen molar-refractivity contribution in [3.05, 3.63) is 23.3 Å². The van der Waals surface area contributed by atoms with Gasteiger partial charge in [0.15, 0.2) is 11.5 Å². The summed E-state index contributed by atoms with van der Waals surface area (Å²) in [6, 6.07) is 3.36. The normalized spacial score (nSPS) is 12.3. The average Bonchev–Trinajstić information content (AvgIpc) is 2.35. The molecule has 4 heteroatoms. The van der Waals surface area contributed by atoms with E-state index in [9.17, 15) is 0 Å². The molecule has 90 valence electrons. The van der Waals surface area contributed by atoms with Crippen molar-refractivity contribution in [2.24, 2.45) is 5.73 Å². The second kappa shape index (κ2) is 5.72. The van der Waals surface area contributed by atoms with E-state index >= 15 is 0 Å². The third kappa shape index (κ3) is 2.46. The summed E-state index contributed by atoms with van der Waals surface area (Å²) < 4.78 is 10.4. The number of nitrogens with two attached hydrogens (primary N) is 1. The van der Waals surface area contributed by atoms with E-state index in [2.05, 4.69) is 0 Å². The van der Waals surface area contributed by atoms with E-state index in [0.717, 1.165) is 17.5 Å². The van der Waals surface area contributed by atoms with E-state index in [1.54, 1.807) is 14.2 Å². The van der Waals surface area contributed by atoms with Crippen LogP contribution in [0.3, 0.4) is 0 Å². The maximum atomic E-state index is 9.10. The average molecular weight is 225 g/mol. The van der Waals surface area contributed by atoms with Crippen molar-refractivity contribution < 1.29 is 14.6 Å². The van der Waals surface area contributed by atoms with Crippen LogP contribution in [0.15, 0.2) is 12.1 Å². The number of aryl methyl sites for hydroxylation is 1. The Bertz CT molecular complexity index is 352. The molecule has 0 spiro atoms. The summed E-state index contributed by atoms with van der Waals surface area (Å²) in [5, 5.41) is 9.10. The van der Waals surface area contributed by atoms with E-state index in [1.165, 1.54) is 0 Å². The van der Waals surface area contributed by atoms with E-state index < -0.39 is 0 Å². The number of aliphatic hydroxyl groups excluding tert-OH is 1. The van der Waals surface area contributed by atoms with Gasteiger partial charge in [-0.05, 0) is 29.7 Å². The van der Waals surface area contributed by atoms with Crippen molar-refractivity contribution in [2.45, 2.75) is 19.4 Å². The molecule has 1 atom stereocenters. The standard InChI is InChI=1S/C12H19NO3/c1-4-8-5-11(15-2)12(16-3)6-9(8)10(13)7-14/h5-6,10,14H,4,7,13H2,1-3H3. The minimum atomic E-state index is -0.380. The van der Waals surface area contributed by atoms with Crippen LogP contribution in [0, 0.1) is 0 Å². The van der Waals surface area contributed by atoms with E-state index in [1.807, 2.05) is 19.1 Å². The highest BCUT2D eigenvalue weighted by atomic mass is 16.5. The van der Waals surface area contributed by atoms with E-state index in [0.29, 0.717) is 11.5 Å². The molecule has 0 aliphatic rings. The fourth-order valence-electron chi connectivity index (χ4n) is 1.69. The zero-order valence-electron chi connectivity index (χ0n) is 9.99. The highest BCUT2D eigenvalue weighted by Gasteiger charge is 2.14. The minimum Gasteiger partial charge on any atom is -0.493 e. The number of hydrogen-bond acceptors (Lipinski definition) is 4. The van der Waals surface area contributed by atoms with Crippen molar-refractivity contribution in [1.82, 2.24) is 0 Å². The van der Waals surface area contributed by atoms with E-state index in [4.69, 9.17) is 20.3 Å². The van der Waals surface area contributed by atoms with Crippen molar-refractivity contribution in [2.75, 3.05) is 20.8 Å². The smallest absolute Gasteiger partial charge is 0.161 e. The van der Waals surface area contributed by atoms with Crippen molar-refractivity contribution in [1.29, 1.82) is 0 Å². The molecule has 0 aliphatic carbocycles. The van der Waals surface area contributed by atoms with Crippen molar-refractivity contribution in [3.63, 3.8) is 0 Å². The summed E-state index contributed by atoms with van der Waals surface area (Å²) in [7, 11) is 3.18. The molecule has 1 aromatic carbocycles. The first-order chi connectivity index (χ1) is 7.67. The molecule has 4 nitrogen and oxygen atoms in total. The Labute approximate surface area is 96.0 Å². The summed E-state index contributed by atoms with van der Waals surface area (Å²) in [5.74, 6) is 1.33. The van der Waals surface area contributed by atoms with Gasteiger partial charge in [-0.25, -0.2) is 0 Å². The molecular weight excluding hydrogens is 206 g/mol. The van der Waals surface area contributed by atoms with Crippen LogP contribution in [-0.2, 0) is 6.42 Å². The Hall–Kier alpha value is -1.26. The van der Waals surface area contributed by atoms with Crippen LogP contribution in [0.1, 0.15) is 24.1 Å². The molecule has 1 aromatic rings. The summed E-state index contributed by atoms with van der Waals surface area (Å²) >= 11 is 0. The maximum Gasteiger partial charge on any atom is 0.161 e. The third-order valence-electron chi connectivity index (χ3n) is 2.62. The fraction of sp³-hybridized carbons (Fsp3) is 0.500. The maximum absolute atomic E-state index is 9.10. The second-order valence-electron chi connectivity index (χ2n) is 3.55.